The first-order chi connectivity index (χ1) is 13.6. The third-order valence-corrected chi connectivity index (χ3v) is 6.39. The van der Waals surface area contributed by atoms with Gasteiger partial charge in [-0.2, -0.15) is 5.10 Å². The highest BCUT2D eigenvalue weighted by Crippen LogP contribution is 2.31. The standard InChI is InChI=1S/C19H21Cl2N5OS/c1-13-7-8-25(24-13)11-18-22-23-19(26(18)10-14-4-3-9-27-14)28-12-15-16(20)5-2-6-17(15)21/h2,5-8,14H,3-4,9-12H2,1H3. The van der Waals surface area contributed by atoms with Gasteiger partial charge in [-0.3, -0.25) is 4.68 Å². The molecule has 1 atom stereocenters. The van der Waals surface area contributed by atoms with Gasteiger partial charge in [0.1, 0.15) is 6.54 Å². The Morgan fingerprint density at radius 3 is 2.71 bits per heavy atom. The van der Waals surface area contributed by atoms with Gasteiger partial charge >= 0.3 is 0 Å². The summed E-state index contributed by atoms with van der Waals surface area (Å²) in [6.45, 7) is 4.10. The molecule has 2 aromatic heterocycles. The second-order valence-corrected chi connectivity index (χ2v) is 8.54. The maximum absolute atomic E-state index is 6.32. The van der Waals surface area contributed by atoms with E-state index in [1.54, 1.807) is 11.8 Å². The molecule has 0 bridgehead atoms. The smallest absolute Gasteiger partial charge is 0.191 e. The van der Waals surface area contributed by atoms with Crippen LogP contribution in [0.1, 0.15) is 29.9 Å². The Morgan fingerprint density at radius 2 is 2.04 bits per heavy atom. The van der Waals surface area contributed by atoms with Gasteiger partial charge in [0.15, 0.2) is 11.0 Å². The highest BCUT2D eigenvalue weighted by molar-refractivity contribution is 7.98. The molecule has 1 aromatic carbocycles. The molecule has 0 radical (unpaired) electrons. The van der Waals surface area contributed by atoms with Crippen molar-refractivity contribution in [1.82, 2.24) is 24.5 Å². The van der Waals surface area contributed by atoms with E-state index >= 15 is 0 Å². The van der Waals surface area contributed by atoms with Gasteiger partial charge in [0.25, 0.3) is 0 Å². The van der Waals surface area contributed by atoms with Crippen molar-refractivity contribution < 1.29 is 4.74 Å². The summed E-state index contributed by atoms with van der Waals surface area (Å²) < 4.78 is 9.86. The first-order valence-corrected chi connectivity index (χ1v) is 10.9. The maximum atomic E-state index is 6.32. The third-order valence-electron chi connectivity index (χ3n) is 4.69. The Kier molecular flexibility index (Phi) is 6.25. The Bertz CT molecular complexity index is 931. The van der Waals surface area contributed by atoms with Gasteiger partial charge < -0.3 is 9.30 Å². The van der Waals surface area contributed by atoms with Gasteiger partial charge in [-0.25, -0.2) is 0 Å². The van der Waals surface area contributed by atoms with E-state index in [1.807, 2.05) is 42.1 Å². The number of nitrogens with zero attached hydrogens (tertiary/aromatic N) is 5. The molecule has 4 rings (SSSR count). The molecule has 0 saturated carbocycles. The molecule has 3 aromatic rings. The van der Waals surface area contributed by atoms with Crippen molar-refractivity contribution in [3.05, 3.63) is 57.6 Å². The lowest BCUT2D eigenvalue weighted by Crippen LogP contribution is -2.19. The van der Waals surface area contributed by atoms with Crippen LogP contribution in [0.25, 0.3) is 0 Å². The van der Waals surface area contributed by atoms with Crippen LogP contribution in [0.15, 0.2) is 35.6 Å². The fourth-order valence-electron chi connectivity index (χ4n) is 3.22. The van der Waals surface area contributed by atoms with Crippen LogP contribution in [0.2, 0.25) is 10.0 Å². The van der Waals surface area contributed by atoms with Crippen LogP contribution in [-0.4, -0.2) is 37.3 Å². The largest absolute Gasteiger partial charge is 0.376 e. The SMILES string of the molecule is Cc1ccn(Cc2nnc(SCc3c(Cl)cccc3Cl)n2CC2CCCO2)n1. The lowest BCUT2D eigenvalue weighted by molar-refractivity contribution is 0.0940. The molecular weight excluding hydrogens is 417 g/mol. The molecular formula is C19H21Cl2N5OS. The van der Waals surface area contributed by atoms with E-state index in [-0.39, 0.29) is 6.10 Å². The van der Waals surface area contributed by atoms with E-state index in [2.05, 4.69) is 19.9 Å². The predicted molar refractivity (Wildman–Crippen MR) is 111 cm³/mol. The van der Waals surface area contributed by atoms with Crippen LogP contribution in [0.3, 0.4) is 0 Å². The van der Waals surface area contributed by atoms with Gasteiger partial charge in [0, 0.05) is 28.6 Å². The zero-order valence-electron chi connectivity index (χ0n) is 15.5. The molecule has 1 fully saturated rings. The molecule has 0 N–H and O–H groups in total. The number of hydrogen-bond acceptors (Lipinski definition) is 5. The predicted octanol–water partition coefficient (Wildman–Crippen LogP) is 4.61. The van der Waals surface area contributed by atoms with Gasteiger partial charge in [0.05, 0.1) is 18.3 Å². The fourth-order valence-corrected chi connectivity index (χ4v) is 4.93. The molecule has 1 aliphatic rings. The highest BCUT2D eigenvalue weighted by atomic mass is 35.5. The van der Waals surface area contributed by atoms with Crippen LogP contribution in [0, 0.1) is 6.92 Å². The number of rotatable bonds is 7. The minimum absolute atomic E-state index is 0.192. The zero-order valence-corrected chi connectivity index (χ0v) is 17.8. The molecule has 1 unspecified atom stereocenters. The maximum Gasteiger partial charge on any atom is 0.191 e. The number of benzene rings is 1. The van der Waals surface area contributed by atoms with E-state index in [0.717, 1.165) is 48.2 Å². The quantitative estimate of drug-likeness (QED) is 0.505. The van der Waals surface area contributed by atoms with Crippen LogP contribution >= 0.6 is 35.0 Å². The Morgan fingerprint density at radius 1 is 1.21 bits per heavy atom. The lowest BCUT2D eigenvalue weighted by Gasteiger charge is -2.15. The number of halogens is 2. The number of hydrogen-bond donors (Lipinski definition) is 0. The van der Waals surface area contributed by atoms with Crippen molar-refractivity contribution in [1.29, 1.82) is 0 Å². The topological polar surface area (TPSA) is 57.8 Å². The molecule has 0 amide bonds. The monoisotopic (exact) mass is 437 g/mol. The fraction of sp³-hybridized carbons (Fsp3) is 0.421. The second-order valence-electron chi connectivity index (χ2n) is 6.79. The van der Waals surface area contributed by atoms with Gasteiger partial charge in [-0.05, 0) is 43.5 Å². The van der Waals surface area contributed by atoms with E-state index in [4.69, 9.17) is 27.9 Å². The summed E-state index contributed by atoms with van der Waals surface area (Å²) in [5.41, 5.74) is 1.89. The van der Waals surface area contributed by atoms with Crippen molar-refractivity contribution in [2.24, 2.45) is 0 Å². The molecule has 3 heterocycles. The van der Waals surface area contributed by atoms with Gasteiger partial charge in [-0.1, -0.05) is 41.0 Å². The first kappa shape index (κ1) is 19.8. The molecule has 0 spiro atoms. The normalized spacial score (nSPS) is 16.8. The number of aromatic nitrogens is 5. The second kappa shape index (κ2) is 8.86. The van der Waals surface area contributed by atoms with E-state index in [0.29, 0.717) is 22.3 Å². The van der Waals surface area contributed by atoms with E-state index < -0.39 is 0 Å². The molecule has 0 aliphatic carbocycles. The summed E-state index contributed by atoms with van der Waals surface area (Å²) in [5.74, 6) is 1.50. The van der Waals surface area contributed by atoms with Crippen molar-refractivity contribution in [3.8, 4) is 0 Å². The Hall–Kier alpha value is -1.54. The first-order valence-electron chi connectivity index (χ1n) is 9.19. The van der Waals surface area contributed by atoms with Gasteiger partial charge in [-0.15, -0.1) is 10.2 Å². The molecule has 1 aliphatic heterocycles. The zero-order chi connectivity index (χ0) is 19.5. The Balaban J connectivity index is 1.56. The number of ether oxygens (including phenoxy) is 1. The van der Waals surface area contributed by atoms with Crippen molar-refractivity contribution in [2.75, 3.05) is 6.61 Å². The number of aryl methyl sites for hydroxylation is 1. The molecule has 28 heavy (non-hydrogen) atoms. The minimum atomic E-state index is 0.192. The number of thioether (sulfide) groups is 1. The summed E-state index contributed by atoms with van der Waals surface area (Å²) in [5, 5.41) is 15.5. The van der Waals surface area contributed by atoms with E-state index in [1.165, 1.54) is 0 Å². The summed E-state index contributed by atoms with van der Waals surface area (Å²) >= 11 is 14.2. The van der Waals surface area contributed by atoms with Crippen LogP contribution in [0.5, 0.6) is 0 Å². The average Bonchev–Trinajstić information content (AvgIpc) is 3.40. The molecule has 148 valence electrons. The van der Waals surface area contributed by atoms with Crippen LogP contribution in [0.4, 0.5) is 0 Å². The summed E-state index contributed by atoms with van der Waals surface area (Å²) in [7, 11) is 0. The summed E-state index contributed by atoms with van der Waals surface area (Å²) in [4.78, 5) is 0. The molecule has 1 saturated heterocycles. The molecule has 6 nitrogen and oxygen atoms in total. The average molecular weight is 438 g/mol. The summed E-state index contributed by atoms with van der Waals surface area (Å²) in [6, 6.07) is 7.54. The van der Waals surface area contributed by atoms with E-state index in [9.17, 15) is 0 Å². The van der Waals surface area contributed by atoms with Crippen molar-refractivity contribution in [2.45, 2.75) is 49.9 Å². The van der Waals surface area contributed by atoms with Crippen molar-refractivity contribution in [3.63, 3.8) is 0 Å². The minimum Gasteiger partial charge on any atom is -0.376 e. The molecule has 9 heteroatoms. The van der Waals surface area contributed by atoms with Crippen LogP contribution < -0.4 is 0 Å². The van der Waals surface area contributed by atoms with Gasteiger partial charge in [0.2, 0.25) is 0 Å². The Labute approximate surface area is 178 Å². The third kappa shape index (κ3) is 4.54. The highest BCUT2D eigenvalue weighted by Gasteiger charge is 2.22. The van der Waals surface area contributed by atoms with Crippen LogP contribution in [-0.2, 0) is 23.6 Å². The lowest BCUT2D eigenvalue weighted by atomic mass is 10.2. The van der Waals surface area contributed by atoms with Crippen molar-refractivity contribution >= 4 is 35.0 Å². The summed E-state index contributed by atoms with van der Waals surface area (Å²) in [6.07, 6.45) is 4.30.